The average molecular weight is 327 g/mol. The van der Waals surface area contributed by atoms with Crippen LogP contribution in [0.5, 0.6) is 0 Å². The number of aliphatic hydroxyl groups is 1. The molecule has 0 bridgehead atoms. The quantitative estimate of drug-likeness (QED) is 0.865. The van der Waals surface area contributed by atoms with E-state index in [2.05, 4.69) is 15.9 Å². The Labute approximate surface area is 119 Å². The van der Waals surface area contributed by atoms with Gasteiger partial charge in [-0.1, -0.05) is 24.3 Å². The van der Waals surface area contributed by atoms with Crippen LogP contribution in [0.15, 0.2) is 34.8 Å². The van der Waals surface area contributed by atoms with Crippen LogP contribution >= 0.6 is 15.9 Å². The lowest BCUT2D eigenvalue weighted by Gasteiger charge is -2.15. The first-order chi connectivity index (χ1) is 8.91. The van der Waals surface area contributed by atoms with Gasteiger partial charge in [-0.15, -0.1) is 0 Å². The van der Waals surface area contributed by atoms with Crippen molar-refractivity contribution in [2.45, 2.75) is 20.0 Å². The molecular weight excluding hydrogens is 314 g/mol. The second-order valence-electron chi connectivity index (χ2n) is 4.51. The van der Waals surface area contributed by atoms with E-state index < -0.39 is 11.9 Å². The van der Waals surface area contributed by atoms with Gasteiger partial charge in [0.15, 0.2) is 0 Å². The van der Waals surface area contributed by atoms with Crippen LogP contribution in [0, 0.1) is 25.5 Å². The van der Waals surface area contributed by atoms with Crippen LogP contribution in [0.4, 0.5) is 8.78 Å². The van der Waals surface area contributed by atoms with E-state index >= 15 is 0 Å². The average Bonchev–Trinajstić information content (AvgIpc) is 2.38. The van der Waals surface area contributed by atoms with Crippen LogP contribution in [-0.2, 0) is 0 Å². The summed E-state index contributed by atoms with van der Waals surface area (Å²) in [6.07, 6.45) is -1.12. The van der Waals surface area contributed by atoms with Gasteiger partial charge in [-0.05, 0) is 52.5 Å². The minimum atomic E-state index is -1.12. The maximum atomic E-state index is 13.9. The number of aryl methyl sites for hydroxylation is 2. The smallest absolute Gasteiger partial charge is 0.143 e. The third kappa shape index (κ3) is 2.69. The van der Waals surface area contributed by atoms with Crippen molar-refractivity contribution in [1.29, 1.82) is 0 Å². The van der Waals surface area contributed by atoms with Gasteiger partial charge < -0.3 is 5.11 Å². The van der Waals surface area contributed by atoms with Crippen LogP contribution < -0.4 is 0 Å². The molecule has 2 rings (SSSR count). The van der Waals surface area contributed by atoms with E-state index in [1.54, 1.807) is 26.0 Å². The van der Waals surface area contributed by atoms with Gasteiger partial charge >= 0.3 is 0 Å². The molecule has 4 heteroatoms. The molecule has 1 N–H and O–H groups in total. The Morgan fingerprint density at radius 1 is 1.05 bits per heavy atom. The van der Waals surface area contributed by atoms with E-state index in [4.69, 9.17) is 0 Å². The molecule has 0 spiro atoms. The van der Waals surface area contributed by atoms with Crippen LogP contribution in [0.25, 0.3) is 0 Å². The van der Waals surface area contributed by atoms with E-state index in [1.807, 2.05) is 0 Å². The van der Waals surface area contributed by atoms with Crippen molar-refractivity contribution in [3.8, 4) is 0 Å². The van der Waals surface area contributed by atoms with E-state index in [1.165, 1.54) is 18.2 Å². The van der Waals surface area contributed by atoms with Crippen molar-refractivity contribution in [3.63, 3.8) is 0 Å². The fourth-order valence-corrected chi connectivity index (χ4v) is 2.43. The standard InChI is InChI=1S/C15H13BrF2O/c1-8-6-10(7-9(2)13(8)17)15(19)11-4-3-5-12(16)14(11)18/h3-7,15,19H,1-2H3. The van der Waals surface area contributed by atoms with Gasteiger partial charge in [0.1, 0.15) is 17.7 Å². The van der Waals surface area contributed by atoms with E-state index in [0.717, 1.165) is 0 Å². The van der Waals surface area contributed by atoms with Gasteiger partial charge in [0.05, 0.1) is 4.47 Å². The highest BCUT2D eigenvalue weighted by Gasteiger charge is 2.18. The van der Waals surface area contributed by atoms with E-state index in [0.29, 0.717) is 21.2 Å². The Bertz CT molecular complexity index is 603. The lowest BCUT2D eigenvalue weighted by atomic mass is 9.97. The fraction of sp³-hybridized carbons (Fsp3) is 0.200. The largest absolute Gasteiger partial charge is 0.384 e. The number of hydrogen-bond acceptors (Lipinski definition) is 1. The first-order valence-corrected chi connectivity index (χ1v) is 6.59. The second kappa shape index (κ2) is 5.39. The summed E-state index contributed by atoms with van der Waals surface area (Å²) in [6, 6.07) is 7.79. The Morgan fingerprint density at radius 3 is 2.21 bits per heavy atom. The molecule has 1 unspecified atom stereocenters. The molecule has 0 aromatic heterocycles. The summed E-state index contributed by atoms with van der Waals surface area (Å²) in [4.78, 5) is 0. The van der Waals surface area contributed by atoms with Gasteiger partial charge in [0.2, 0.25) is 0 Å². The summed E-state index contributed by atoms with van der Waals surface area (Å²) in [5, 5.41) is 10.3. The summed E-state index contributed by atoms with van der Waals surface area (Å²) in [5.41, 5.74) is 1.52. The van der Waals surface area contributed by atoms with Crippen LogP contribution in [0.1, 0.15) is 28.4 Å². The first kappa shape index (κ1) is 14.2. The summed E-state index contributed by atoms with van der Waals surface area (Å²) in [5.74, 6) is -0.805. The van der Waals surface area contributed by atoms with E-state index in [-0.39, 0.29) is 11.4 Å². The normalized spacial score (nSPS) is 12.5. The molecule has 0 aliphatic rings. The van der Waals surface area contributed by atoms with Gasteiger partial charge in [0, 0.05) is 5.56 Å². The molecular formula is C15H13BrF2O. The monoisotopic (exact) mass is 326 g/mol. The molecule has 0 saturated heterocycles. The Kier molecular flexibility index (Phi) is 4.02. The molecule has 1 nitrogen and oxygen atoms in total. The van der Waals surface area contributed by atoms with Crippen molar-refractivity contribution in [3.05, 3.63) is 68.7 Å². The SMILES string of the molecule is Cc1cc(C(O)c2cccc(Br)c2F)cc(C)c1F. The molecule has 0 saturated carbocycles. The van der Waals surface area contributed by atoms with Crippen LogP contribution in [0.2, 0.25) is 0 Å². The maximum Gasteiger partial charge on any atom is 0.143 e. The summed E-state index contributed by atoms with van der Waals surface area (Å²) in [7, 11) is 0. The van der Waals surface area contributed by atoms with Gasteiger partial charge in [-0.2, -0.15) is 0 Å². The molecule has 0 radical (unpaired) electrons. The third-order valence-electron chi connectivity index (χ3n) is 3.05. The molecule has 0 aliphatic heterocycles. The van der Waals surface area contributed by atoms with Crippen molar-refractivity contribution < 1.29 is 13.9 Å². The Balaban J connectivity index is 2.50. The van der Waals surface area contributed by atoms with Crippen LogP contribution in [-0.4, -0.2) is 5.11 Å². The van der Waals surface area contributed by atoms with E-state index in [9.17, 15) is 13.9 Å². The molecule has 0 amide bonds. The first-order valence-electron chi connectivity index (χ1n) is 5.80. The van der Waals surface area contributed by atoms with Crippen molar-refractivity contribution >= 4 is 15.9 Å². The zero-order valence-corrected chi connectivity index (χ0v) is 12.1. The lowest BCUT2D eigenvalue weighted by molar-refractivity contribution is 0.214. The molecule has 0 aliphatic carbocycles. The van der Waals surface area contributed by atoms with Crippen molar-refractivity contribution in [2.24, 2.45) is 0 Å². The molecule has 1 atom stereocenters. The molecule has 19 heavy (non-hydrogen) atoms. The highest BCUT2D eigenvalue weighted by Crippen LogP contribution is 2.29. The minimum absolute atomic E-state index is 0.166. The van der Waals surface area contributed by atoms with Crippen LogP contribution in [0.3, 0.4) is 0 Å². The molecule has 2 aromatic rings. The van der Waals surface area contributed by atoms with Crippen molar-refractivity contribution in [1.82, 2.24) is 0 Å². The molecule has 0 heterocycles. The summed E-state index contributed by atoms with van der Waals surface area (Å²) in [6.45, 7) is 3.24. The predicted octanol–water partition coefficient (Wildman–Crippen LogP) is 4.43. The van der Waals surface area contributed by atoms with Gasteiger partial charge in [-0.3, -0.25) is 0 Å². The summed E-state index contributed by atoms with van der Waals surface area (Å²) >= 11 is 3.08. The number of benzene rings is 2. The highest BCUT2D eigenvalue weighted by atomic mass is 79.9. The maximum absolute atomic E-state index is 13.9. The van der Waals surface area contributed by atoms with Gasteiger partial charge in [-0.25, -0.2) is 8.78 Å². The Morgan fingerprint density at radius 2 is 1.63 bits per heavy atom. The fourth-order valence-electron chi connectivity index (χ4n) is 2.05. The molecule has 100 valence electrons. The second-order valence-corrected chi connectivity index (χ2v) is 5.37. The summed E-state index contributed by atoms with van der Waals surface area (Å²) < 4.78 is 27.8. The number of aliphatic hydroxyl groups excluding tert-OH is 1. The third-order valence-corrected chi connectivity index (χ3v) is 3.66. The lowest BCUT2D eigenvalue weighted by Crippen LogP contribution is -2.05. The van der Waals surface area contributed by atoms with Gasteiger partial charge in [0.25, 0.3) is 0 Å². The Hall–Kier alpha value is -1.26. The number of hydrogen-bond donors (Lipinski definition) is 1. The predicted molar refractivity (Wildman–Crippen MR) is 74.0 cm³/mol. The molecule has 2 aromatic carbocycles. The topological polar surface area (TPSA) is 20.2 Å². The zero-order chi connectivity index (χ0) is 14.2. The van der Waals surface area contributed by atoms with Crippen molar-refractivity contribution in [2.75, 3.05) is 0 Å². The zero-order valence-electron chi connectivity index (χ0n) is 10.5. The molecule has 0 fully saturated rings. The minimum Gasteiger partial charge on any atom is -0.384 e. The number of rotatable bonds is 2. The highest BCUT2D eigenvalue weighted by molar-refractivity contribution is 9.10. The number of halogens is 3.